The van der Waals surface area contributed by atoms with Crippen molar-refractivity contribution in [3.8, 4) is 5.75 Å². The number of esters is 1. The number of hydrogen-bond acceptors (Lipinski definition) is 6. The van der Waals surface area contributed by atoms with E-state index in [4.69, 9.17) is 4.74 Å². The lowest BCUT2D eigenvalue weighted by Crippen LogP contribution is -2.36. The van der Waals surface area contributed by atoms with Gasteiger partial charge in [0.1, 0.15) is 9.96 Å². The molecule has 1 aromatic heterocycles. The summed E-state index contributed by atoms with van der Waals surface area (Å²) in [5.41, 5.74) is 0.764. The molecular formula is C28H19NO5S2. The average molecular weight is 514 g/mol. The van der Waals surface area contributed by atoms with Crippen molar-refractivity contribution < 1.29 is 22.7 Å². The van der Waals surface area contributed by atoms with Crippen molar-refractivity contribution >= 4 is 49.7 Å². The molecule has 6 nitrogen and oxygen atoms in total. The number of rotatable bonds is 6. The van der Waals surface area contributed by atoms with Crippen LogP contribution in [0.15, 0.2) is 119 Å². The highest BCUT2D eigenvalue weighted by Gasteiger charge is 2.34. The number of ether oxygens (including phenoxy) is 1. The topological polar surface area (TPSA) is 80.8 Å². The third-order valence-electron chi connectivity index (χ3n) is 5.49. The number of amides is 1. The van der Waals surface area contributed by atoms with Crippen LogP contribution >= 0.6 is 11.3 Å². The van der Waals surface area contributed by atoms with E-state index in [1.165, 1.54) is 18.2 Å². The monoisotopic (exact) mass is 513 g/mol. The van der Waals surface area contributed by atoms with Gasteiger partial charge in [-0.2, -0.15) is 12.7 Å². The number of fused-ring (bicyclic) bond motifs is 1. The first-order chi connectivity index (χ1) is 17.5. The molecule has 1 amide bonds. The van der Waals surface area contributed by atoms with E-state index in [0.717, 1.165) is 15.6 Å². The van der Waals surface area contributed by atoms with Crippen molar-refractivity contribution in [2.45, 2.75) is 4.21 Å². The molecule has 36 heavy (non-hydrogen) atoms. The molecule has 0 unspecified atom stereocenters. The lowest BCUT2D eigenvalue weighted by atomic mass is 10.1. The Labute approximate surface area is 212 Å². The minimum absolute atomic E-state index is 0.0374. The van der Waals surface area contributed by atoms with Crippen LogP contribution in [0.25, 0.3) is 10.8 Å². The molecule has 0 spiro atoms. The Morgan fingerprint density at radius 3 is 1.92 bits per heavy atom. The molecule has 0 bridgehead atoms. The van der Waals surface area contributed by atoms with Gasteiger partial charge < -0.3 is 4.74 Å². The first-order valence-electron chi connectivity index (χ1n) is 10.9. The third kappa shape index (κ3) is 4.39. The fourth-order valence-electron chi connectivity index (χ4n) is 3.80. The Morgan fingerprint density at radius 2 is 1.28 bits per heavy atom. The van der Waals surface area contributed by atoms with Crippen LogP contribution < -0.4 is 9.04 Å². The molecule has 5 aromatic rings. The van der Waals surface area contributed by atoms with Gasteiger partial charge in [-0.25, -0.2) is 4.79 Å². The van der Waals surface area contributed by atoms with E-state index in [1.807, 2.05) is 0 Å². The summed E-state index contributed by atoms with van der Waals surface area (Å²) in [6.45, 7) is 0. The molecular weight excluding hydrogens is 494 g/mol. The van der Waals surface area contributed by atoms with Gasteiger partial charge >= 0.3 is 5.97 Å². The molecule has 0 saturated heterocycles. The average Bonchev–Trinajstić information content (AvgIpc) is 3.47. The summed E-state index contributed by atoms with van der Waals surface area (Å²) in [4.78, 5) is 26.3. The summed E-state index contributed by atoms with van der Waals surface area (Å²) in [6, 6.07) is 29.8. The van der Waals surface area contributed by atoms with Gasteiger partial charge in [0.25, 0.3) is 15.9 Å². The van der Waals surface area contributed by atoms with Crippen LogP contribution in [0.4, 0.5) is 5.69 Å². The SMILES string of the molecule is O=C(Oc1ccc(N(C(=O)c2ccccc2)S(=O)(=O)c2cccs2)c2ccccc12)c1ccccc1. The first-order valence-corrected chi connectivity index (χ1v) is 13.3. The molecule has 0 aliphatic heterocycles. The minimum atomic E-state index is -4.23. The van der Waals surface area contributed by atoms with Crippen LogP contribution in [-0.4, -0.2) is 20.3 Å². The first kappa shape index (κ1) is 23.5. The predicted molar refractivity (Wildman–Crippen MR) is 140 cm³/mol. The van der Waals surface area contributed by atoms with E-state index >= 15 is 0 Å². The van der Waals surface area contributed by atoms with Crippen LogP contribution in [0.1, 0.15) is 20.7 Å². The smallest absolute Gasteiger partial charge is 0.343 e. The molecule has 0 aliphatic rings. The maximum Gasteiger partial charge on any atom is 0.343 e. The number of anilines is 1. The quantitative estimate of drug-likeness (QED) is 0.201. The maximum atomic E-state index is 13.7. The molecule has 5 rings (SSSR count). The molecule has 4 aromatic carbocycles. The van der Waals surface area contributed by atoms with Crippen LogP contribution in [0.3, 0.4) is 0 Å². The highest BCUT2D eigenvalue weighted by atomic mass is 32.2. The Balaban J connectivity index is 1.66. The Kier molecular flexibility index (Phi) is 6.37. The molecule has 8 heteroatoms. The summed E-state index contributed by atoms with van der Waals surface area (Å²) in [7, 11) is -4.23. The number of carbonyl (C=O) groups excluding carboxylic acids is 2. The zero-order valence-electron chi connectivity index (χ0n) is 18.8. The number of nitrogens with zero attached hydrogens (tertiary/aromatic N) is 1. The van der Waals surface area contributed by atoms with Crippen molar-refractivity contribution in [2.75, 3.05) is 4.31 Å². The standard InChI is InChI=1S/C28H19NO5S2/c30-27(20-10-3-1-4-11-20)29(36(32,33)26-16-9-19-35-26)24-17-18-25(23-15-8-7-14-22(23)24)34-28(31)21-12-5-2-6-13-21/h1-19H. The molecule has 0 aliphatic carbocycles. The van der Waals surface area contributed by atoms with E-state index in [1.54, 1.807) is 96.4 Å². The largest absolute Gasteiger partial charge is 0.422 e. The van der Waals surface area contributed by atoms with E-state index in [2.05, 4.69) is 0 Å². The lowest BCUT2D eigenvalue weighted by Gasteiger charge is -2.24. The Morgan fingerprint density at radius 1 is 0.667 bits per heavy atom. The molecule has 178 valence electrons. The van der Waals surface area contributed by atoms with Crippen LogP contribution in [-0.2, 0) is 10.0 Å². The Hall–Kier alpha value is -4.27. The fourth-order valence-corrected chi connectivity index (χ4v) is 6.30. The van der Waals surface area contributed by atoms with Crippen molar-refractivity contribution in [1.29, 1.82) is 0 Å². The van der Waals surface area contributed by atoms with Gasteiger partial charge in [0.2, 0.25) is 0 Å². The molecule has 0 radical (unpaired) electrons. The number of sulfonamides is 1. The molecule has 0 fully saturated rings. The predicted octanol–water partition coefficient (Wildman–Crippen LogP) is 6.16. The number of benzene rings is 4. The van der Waals surface area contributed by atoms with Crippen molar-refractivity contribution in [2.24, 2.45) is 0 Å². The van der Waals surface area contributed by atoms with Gasteiger partial charge in [-0.3, -0.25) is 4.79 Å². The summed E-state index contributed by atoms with van der Waals surface area (Å²) < 4.78 is 34.0. The zero-order valence-corrected chi connectivity index (χ0v) is 20.4. The second-order valence-electron chi connectivity index (χ2n) is 7.76. The van der Waals surface area contributed by atoms with Gasteiger partial charge in [-0.05, 0) is 47.8 Å². The van der Waals surface area contributed by atoms with E-state index in [0.29, 0.717) is 16.3 Å². The molecule has 0 atom stereocenters. The van der Waals surface area contributed by atoms with Crippen LogP contribution in [0, 0.1) is 0 Å². The number of thiophene rings is 1. The third-order valence-corrected chi connectivity index (χ3v) is 8.56. The minimum Gasteiger partial charge on any atom is -0.422 e. The van der Waals surface area contributed by atoms with E-state index < -0.39 is 21.9 Å². The molecule has 1 heterocycles. The highest BCUT2D eigenvalue weighted by Crippen LogP contribution is 2.38. The van der Waals surface area contributed by atoms with E-state index in [-0.39, 0.29) is 21.2 Å². The summed E-state index contributed by atoms with van der Waals surface area (Å²) in [6.07, 6.45) is 0. The highest BCUT2D eigenvalue weighted by molar-refractivity contribution is 7.95. The number of carbonyl (C=O) groups is 2. The van der Waals surface area contributed by atoms with Crippen LogP contribution in [0.2, 0.25) is 0 Å². The fraction of sp³-hybridized carbons (Fsp3) is 0. The van der Waals surface area contributed by atoms with Gasteiger partial charge in [0.15, 0.2) is 0 Å². The second-order valence-corrected chi connectivity index (χ2v) is 10.7. The summed E-state index contributed by atoms with van der Waals surface area (Å²) in [5, 5.41) is 2.58. The summed E-state index contributed by atoms with van der Waals surface area (Å²) >= 11 is 1.03. The zero-order chi connectivity index (χ0) is 25.1. The van der Waals surface area contributed by atoms with Crippen LogP contribution in [0.5, 0.6) is 5.75 Å². The maximum absolute atomic E-state index is 13.7. The van der Waals surface area contributed by atoms with Gasteiger partial charge in [-0.15, -0.1) is 11.3 Å². The molecule has 0 saturated carbocycles. The van der Waals surface area contributed by atoms with Crippen molar-refractivity contribution in [1.82, 2.24) is 0 Å². The number of hydrogen-bond donors (Lipinski definition) is 0. The van der Waals surface area contributed by atoms with Crippen molar-refractivity contribution in [3.63, 3.8) is 0 Å². The molecule has 0 N–H and O–H groups in total. The normalized spacial score (nSPS) is 11.2. The van der Waals surface area contributed by atoms with Crippen molar-refractivity contribution in [3.05, 3.63) is 126 Å². The second kappa shape index (κ2) is 9.77. The van der Waals surface area contributed by atoms with Gasteiger partial charge in [-0.1, -0.05) is 66.7 Å². The summed E-state index contributed by atoms with van der Waals surface area (Å²) in [5.74, 6) is -0.982. The van der Waals surface area contributed by atoms with E-state index in [9.17, 15) is 18.0 Å². The van der Waals surface area contributed by atoms with Gasteiger partial charge in [0.05, 0.1) is 11.3 Å². The van der Waals surface area contributed by atoms with Gasteiger partial charge in [0, 0.05) is 16.3 Å². The lowest BCUT2D eigenvalue weighted by molar-refractivity contribution is 0.0736. The Bertz CT molecular complexity index is 1650.